The van der Waals surface area contributed by atoms with Gasteiger partial charge in [-0.15, -0.1) is 0 Å². The van der Waals surface area contributed by atoms with E-state index in [0.29, 0.717) is 5.56 Å². The van der Waals surface area contributed by atoms with E-state index in [9.17, 15) is 9.90 Å². The van der Waals surface area contributed by atoms with Gasteiger partial charge in [0.2, 0.25) is 0 Å². The summed E-state index contributed by atoms with van der Waals surface area (Å²) in [6, 6.07) is 12.5. The number of aromatic hydroxyl groups is 1. The lowest BCUT2D eigenvalue weighted by molar-refractivity contribution is 0.0742. The van der Waals surface area contributed by atoms with E-state index in [1.54, 1.807) is 24.1 Å². The Morgan fingerprint density at radius 2 is 1.81 bits per heavy atom. The van der Waals surface area contributed by atoms with E-state index in [1.807, 2.05) is 44.2 Å². The molecule has 21 heavy (non-hydrogen) atoms. The molecule has 0 saturated carbocycles. The lowest BCUT2D eigenvalue weighted by Crippen LogP contribution is -2.29. The first kappa shape index (κ1) is 15.6. The van der Waals surface area contributed by atoms with E-state index < -0.39 is 0 Å². The molecule has 0 aliphatic rings. The predicted octanol–water partition coefficient (Wildman–Crippen LogP) is 4.30. The summed E-state index contributed by atoms with van der Waals surface area (Å²) in [6.45, 7) is 3.93. The maximum atomic E-state index is 12.6. The molecule has 0 fully saturated rings. The van der Waals surface area contributed by atoms with Crippen molar-refractivity contribution in [3.63, 3.8) is 0 Å². The number of nitrogens with zero attached hydrogens (tertiary/aromatic N) is 1. The Labute approximate surface area is 133 Å². The van der Waals surface area contributed by atoms with Crippen LogP contribution in [-0.4, -0.2) is 23.0 Å². The van der Waals surface area contributed by atoms with Crippen LogP contribution in [-0.2, 0) is 0 Å². The van der Waals surface area contributed by atoms with Crippen LogP contribution in [0.3, 0.4) is 0 Å². The maximum absolute atomic E-state index is 12.6. The molecular formula is C17H18BrNO2. The van der Waals surface area contributed by atoms with Gasteiger partial charge in [0.1, 0.15) is 5.75 Å². The third kappa shape index (κ3) is 3.64. The van der Waals surface area contributed by atoms with Crippen molar-refractivity contribution in [2.75, 3.05) is 7.05 Å². The van der Waals surface area contributed by atoms with Crippen molar-refractivity contribution in [3.8, 4) is 5.75 Å². The van der Waals surface area contributed by atoms with Gasteiger partial charge in [0.25, 0.3) is 5.91 Å². The number of phenolic OH excluding ortho intramolecular Hbond substituents is 1. The second-order valence-electron chi connectivity index (χ2n) is 5.20. The fourth-order valence-electron chi connectivity index (χ4n) is 2.22. The number of hydrogen-bond donors (Lipinski definition) is 1. The number of phenols is 1. The van der Waals surface area contributed by atoms with Crippen LogP contribution in [0.4, 0.5) is 0 Å². The third-order valence-corrected chi connectivity index (χ3v) is 4.02. The van der Waals surface area contributed by atoms with Gasteiger partial charge >= 0.3 is 0 Å². The van der Waals surface area contributed by atoms with Crippen molar-refractivity contribution >= 4 is 21.8 Å². The third-order valence-electron chi connectivity index (χ3n) is 3.57. The molecule has 2 rings (SSSR count). The van der Waals surface area contributed by atoms with E-state index in [2.05, 4.69) is 15.9 Å². The van der Waals surface area contributed by atoms with Gasteiger partial charge in [-0.25, -0.2) is 0 Å². The van der Waals surface area contributed by atoms with E-state index in [4.69, 9.17) is 0 Å². The Hall–Kier alpha value is -1.81. The van der Waals surface area contributed by atoms with Crippen LogP contribution in [0, 0.1) is 6.92 Å². The standard InChI is InChI=1S/C17H18BrNO2/c1-11-8-14(10-15(18)9-11)17(21)19(3)12(2)13-4-6-16(20)7-5-13/h4-10,12,20H,1-3H3. The molecule has 0 bridgehead atoms. The summed E-state index contributed by atoms with van der Waals surface area (Å²) >= 11 is 3.42. The number of amides is 1. The number of halogens is 1. The van der Waals surface area contributed by atoms with Crippen LogP contribution in [0.1, 0.15) is 34.5 Å². The highest BCUT2D eigenvalue weighted by atomic mass is 79.9. The summed E-state index contributed by atoms with van der Waals surface area (Å²) in [5, 5.41) is 9.34. The highest BCUT2D eigenvalue weighted by Gasteiger charge is 2.19. The van der Waals surface area contributed by atoms with Gasteiger partial charge < -0.3 is 10.0 Å². The molecule has 110 valence electrons. The summed E-state index contributed by atoms with van der Waals surface area (Å²) < 4.78 is 0.900. The monoisotopic (exact) mass is 347 g/mol. The van der Waals surface area contributed by atoms with Gasteiger partial charge in [0, 0.05) is 17.1 Å². The summed E-state index contributed by atoms with van der Waals surface area (Å²) in [7, 11) is 1.79. The first-order valence-corrected chi connectivity index (χ1v) is 7.51. The van der Waals surface area contributed by atoms with Gasteiger partial charge in [-0.05, 0) is 55.3 Å². The average Bonchev–Trinajstić information content (AvgIpc) is 2.44. The van der Waals surface area contributed by atoms with E-state index >= 15 is 0 Å². The number of benzene rings is 2. The Bertz CT molecular complexity index is 632. The fourth-order valence-corrected chi connectivity index (χ4v) is 2.82. The molecule has 0 aromatic heterocycles. The Morgan fingerprint density at radius 1 is 1.19 bits per heavy atom. The molecule has 0 aliphatic carbocycles. The molecule has 1 atom stereocenters. The SMILES string of the molecule is Cc1cc(Br)cc(C(=O)N(C)C(C)c2ccc(O)cc2)c1. The molecular weight excluding hydrogens is 330 g/mol. The van der Waals surface area contributed by atoms with Crippen LogP contribution in [0.2, 0.25) is 0 Å². The molecule has 1 N–H and O–H groups in total. The highest BCUT2D eigenvalue weighted by Crippen LogP contribution is 2.24. The zero-order valence-corrected chi connectivity index (χ0v) is 13.9. The van der Waals surface area contributed by atoms with E-state index in [-0.39, 0.29) is 17.7 Å². The second kappa shape index (κ2) is 6.31. The van der Waals surface area contributed by atoms with E-state index in [0.717, 1.165) is 15.6 Å². The Morgan fingerprint density at radius 3 is 2.38 bits per heavy atom. The normalized spacial score (nSPS) is 12.0. The number of rotatable bonds is 3. The van der Waals surface area contributed by atoms with Gasteiger partial charge in [-0.1, -0.05) is 28.1 Å². The highest BCUT2D eigenvalue weighted by molar-refractivity contribution is 9.10. The van der Waals surface area contributed by atoms with Crippen molar-refractivity contribution in [3.05, 3.63) is 63.6 Å². The number of carbonyl (C=O) groups excluding carboxylic acids is 1. The Kier molecular flexibility index (Phi) is 4.68. The maximum Gasteiger partial charge on any atom is 0.254 e. The first-order chi connectivity index (χ1) is 9.88. The van der Waals surface area contributed by atoms with Crippen molar-refractivity contribution in [2.24, 2.45) is 0 Å². The summed E-state index contributed by atoms with van der Waals surface area (Å²) in [5.74, 6) is 0.197. The molecule has 3 nitrogen and oxygen atoms in total. The molecule has 0 heterocycles. The molecule has 2 aromatic carbocycles. The molecule has 1 unspecified atom stereocenters. The van der Waals surface area contributed by atoms with Gasteiger partial charge in [-0.2, -0.15) is 0 Å². The average molecular weight is 348 g/mol. The fraction of sp³-hybridized carbons (Fsp3) is 0.235. The molecule has 0 saturated heterocycles. The van der Waals surface area contributed by atoms with Crippen LogP contribution in [0.15, 0.2) is 46.9 Å². The van der Waals surface area contributed by atoms with Crippen LogP contribution in [0.25, 0.3) is 0 Å². The number of hydrogen-bond acceptors (Lipinski definition) is 2. The van der Waals surface area contributed by atoms with Gasteiger partial charge in [0.05, 0.1) is 6.04 Å². The van der Waals surface area contributed by atoms with Crippen LogP contribution >= 0.6 is 15.9 Å². The smallest absolute Gasteiger partial charge is 0.254 e. The second-order valence-corrected chi connectivity index (χ2v) is 6.12. The lowest BCUT2D eigenvalue weighted by atomic mass is 10.1. The predicted molar refractivity (Wildman–Crippen MR) is 87.5 cm³/mol. The molecule has 4 heteroatoms. The minimum Gasteiger partial charge on any atom is -0.508 e. The quantitative estimate of drug-likeness (QED) is 0.899. The zero-order chi connectivity index (χ0) is 15.6. The molecule has 0 radical (unpaired) electrons. The van der Waals surface area contributed by atoms with Crippen molar-refractivity contribution < 1.29 is 9.90 Å². The van der Waals surface area contributed by atoms with E-state index in [1.165, 1.54) is 0 Å². The minimum absolute atomic E-state index is 0.0278. The van der Waals surface area contributed by atoms with Crippen molar-refractivity contribution in [1.29, 1.82) is 0 Å². The largest absolute Gasteiger partial charge is 0.508 e. The lowest BCUT2D eigenvalue weighted by Gasteiger charge is -2.25. The van der Waals surface area contributed by atoms with Gasteiger partial charge in [0.15, 0.2) is 0 Å². The summed E-state index contributed by atoms with van der Waals surface area (Å²) in [5.41, 5.74) is 2.68. The first-order valence-electron chi connectivity index (χ1n) is 6.72. The molecule has 2 aromatic rings. The van der Waals surface area contributed by atoms with Crippen molar-refractivity contribution in [1.82, 2.24) is 4.90 Å². The van der Waals surface area contributed by atoms with Gasteiger partial charge in [-0.3, -0.25) is 4.79 Å². The molecule has 0 aliphatic heterocycles. The Balaban J connectivity index is 2.23. The topological polar surface area (TPSA) is 40.5 Å². The molecule has 0 spiro atoms. The number of aryl methyl sites for hydroxylation is 1. The zero-order valence-electron chi connectivity index (χ0n) is 12.3. The molecule has 1 amide bonds. The summed E-state index contributed by atoms with van der Waals surface area (Å²) in [6.07, 6.45) is 0. The minimum atomic E-state index is -0.0719. The van der Waals surface area contributed by atoms with Crippen LogP contribution in [0.5, 0.6) is 5.75 Å². The summed E-state index contributed by atoms with van der Waals surface area (Å²) in [4.78, 5) is 14.3. The number of carbonyl (C=O) groups is 1. The van der Waals surface area contributed by atoms with Crippen LogP contribution < -0.4 is 0 Å². The van der Waals surface area contributed by atoms with Crippen molar-refractivity contribution in [2.45, 2.75) is 19.9 Å².